The fourth-order valence-corrected chi connectivity index (χ4v) is 4.44. The summed E-state index contributed by atoms with van der Waals surface area (Å²) in [4.78, 5) is 4.60. The maximum absolute atomic E-state index is 13.7. The fourth-order valence-electron chi connectivity index (χ4n) is 4.44. The summed E-state index contributed by atoms with van der Waals surface area (Å²) < 4.78 is 19.9. The van der Waals surface area contributed by atoms with Crippen LogP contribution in [0.15, 0.2) is 97.2 Å². The van der Waals surface area contributed by atoms with Gasteiger partial charge in [0.05, 0.1) is 17.4 Å². The molecular weight excluding hydrogens is 387 g/mol. The van der Waals surface area contributed by atoms with E-state index in [9.17, 15) is 4.39 Å². The predicted octanol–water partition coefficient (Wildman–Crippen LogP) is 6.88. The van der Waals surface area contributed by atoms with Gasteiger partial charge < -0.3 is 10.1 Å². The van der Waals surface area contributed by atoms with Crippen LogP contribution in [0.5, 0.6) is 11.5 Å². The van der Waals surface area contributed by atoms with Crippen LogP contribution in [0.25, 0.3) is 0 Å². The number of pyridine rings is 1. The summed E-state index contributed by atoms with van der Waals surface area (Å²) in [6.07, 6.45) is 2.60. The van der Waals surface area contributed by atoms with E-state index in [1.807, 2.05) is 79.0 Å². The van der Waals surface area contributed by atoms with Gasteiger partial charge in [-0.15, -0.1) is 0 Å². The van der Waals surface area contributed by atoms with Gasteiger partial charge in [-0.2, -0.15) is 0 Å². The van der Waals surface area contributed by atoms with Gasteiger partial charge in [-0.3, -0.25) is 4.98 Å². The van der Waals surface area contributed by atoms with Crippen LogP contribution in [0, 0.1) is 5.82 Å². The molecule has 0 aliphatic carbocycles. The summed E-state index contributed by atoms with van der Waals surface area (Å²) >= 11 is 0. The van der Waals surface area contributed by atoms with E-state index in [1.165, 1.54) is 12.1 Å². The van der Waals surface area contributed by atoms with Crippen molar-refractivity contribution in [2.24, 2.45) is 0 Å². The lowest BCUT2D eigenvalue weighted by Crippen LogP contribution is -2.35. The molecule has 5 rings (SSSR count). The SMILES string of the molecule is CC1(c2ccc(F)cc2)CC(c2ccccn2)Nc2c(Oc3ccccc3)cccc21. The summed E-state index contributed by atoms with van der Waals surface area (Å²) in [5.41, 5.74) is 3.76. The Hall–Kier alpha value is -3.66. The molecule has 0 spiro atoms. The molecule has 3 aromatic carbocycles. The number of aromatic nitrogens is 1. The van der Waals surface area contributed by atoms with E-state index >= 15 is 0 Å². The minimum atomic E-state index is -0.341. The molecule has 1 N–H and O–H groups in total. The van der Waals surface area contributed by atoms with Crippen molar-refractivity contribution in [1.29, 1.82) is 0 Å². The zero-order valence-corrected chi connectivity index (χ0v) is 17.3. The van der Waals surface area contributed by atoms with Crippen molar-refractivity contribution in [3.63, 3.8) is 0 Å². The highest BCUT2D eigenvalue weighted by Crippen LogP contribution is 2.51. The Morgan fingerprint density at radius 3 is 2.42 bits per heavy atom. The third kappa shape index (κ3) is 3.66. The molecule has 4 heteroatoms. The molecule has 2 atom stereocenters. The third-order valence-corrected chi connectivity index (χ3v) is 6.05. The number of ether oxygens (including phenoxy) is 1. The third-order valence-electron chi connectivity index (χ3n) is 6.05. The minimum absolute atomic E-state index is 0.00993. The highest BCUT2D eigenvalue weighted by atomic mass is 19.1. The zero-order chi connectivity index (χ0) is 21.3. The topological polar surface area (TPSA) is 34.2 Å². The first-order valence-electron chi connectivity index (χ1n) is 10.4. The number of benzene rings is 3. The smallest absolute Gasteiger partial charge is 0.150 e. The second-order valence-electron chi connectivity index (χ2n) is 8.09. The average Bonchev–Trinajstić information content (AvgIpc) is 2.81. The van der Waals surface area contributed by atoms with Gasteiger partial charge in [-0.25, -0.2) is 4.39 Å². The van der Waals surface area contributed by atoms with E-state index in [-0.39, 0.29) is 17.3 Å². The molecule has 1 aliphatic heterocycles. The molecule has 0 saturated heterocycles. The quantitative estimate of drug-likeness (QED) is 0.398. The van der Waals surface area contributed by atoms with Gasteiger partial charge in [0.25, 0.3) is 0 Å². The molecule has 1 aliphatic rings. The Kier molecular flexibility index (Phi) is 4.91. The van der Waals surface area contributed by atoms with E-state index in [0.29, 0.717) is 0 Å². The van der Waals surface area contributed by atoms with Crippen molar-refractivity contribution in [1.82, 2.24) is 4.98 Å². The number of para-hydroxylation sites is 2. The van der Waals surface area contributed by atoms with Gasteiger partial charge in [-0.05, 0) is 60.0 Å². The highest BCUT2D eigenvalue weighted by molar-refractivity contribution is 5.69. The largest absolute Gasteiger partial charge is 0.455 e. The first-order valence-corrected chi connectivity index (χ1v) is 10.4. The highest BCUT2D eigenvalue weighted by Gasteiger charge is 2.40. The van der Waals surface area contributed by atoms with Gasteiger partial charge in [0, 0.05) is 11.6 Å². The second-order valence-corrected chi connectivity index (χ2v) is 8.09. The van der Waals surface area contributed by atoms with Crippen molar-refractivity contribution < 1.29 is 9.13 Å². The number of nitrogens with one attached hydrogen (secondary N) is 1. The number of rotatable bonds is 4. The Balaban J connectivity index is 1.65. The predicted molar refractivity (Wildman–Crippen MR) is 121 cm³/mol. The number of nitrogens with zero attached hydrogens (tertiary/aromatic N) is 1. The first-order chi connectivity index (χ1) is 15.1. The first kappa shape index (κ1) is 19.3. The van der Waals surface area contributed by atoms with E-state index in [1.54, 1.807) is 0 Å². The van der Waals surface area contributed by atoms with Crippen LogP contribution in [0.1, 0.15) is 36.2 Å². The molecule has 0 bridgehead atoms. The Bertz CT molecular complexity index is 1180. The molecular formula is C27H23FN2O. The van der Waals surface area contributed by atoms with Gasteiger partial charge in [0.1, 0.15) is 11.6 Å². The van der Waals surface area contributed by atoms with Crippen LogP contribution in [0.4, 0.5) is 10.1 Å². The molecule has 0 fully saturated rings. The molecule has 2 heterocycles. The number of fused-ring (bicyclic) bond motifs is 1. The molecule has 4 aromatic rings. The second kappa shape index (κ2) is 7.88. The number of halogens is 1. The van der Waals surface area contributed by atoms with Crippen LogP contribution in [0.3, 0.4) is 0 Å². The van der Waals surface area contributed by atoms with Gasteiger partial charge >= 0.3 is 0 Å². The van der Waals surface area contributed by atoms with Crippen molar-refractivity contribution >= 4 is 5.69 Å². The van der Waals surface area contributed by atoms with Crippen molar-refractivity contribution in [2.45, 2.75) is 24.8 Å². The lowest BCUT2D eigenvalue weighted by atomic mass is 9.68. The van der Waals surface area contributed by atoms with Crippen LogP contribution in [-0.2, 0) is 5.41 Å². The summed E-state index contributed by atoms with van der Waals surface area (Å²) in [6.45, 7) is 2.21. The Labute approximate surface area is 181 Å². The molecule has 3 nitrogen and oxygen atoms in total. The molecule has 0 radical (unpaired) electrons. The number of anilines is 1. The number of hydrogen-bond donors (Lipinski definition) is 1. The standard InChI is InChI=1S/C27H23FN2O/c1-27(19-13-15-20(28)16-14-19)18-24(23-11-5-6-17-29-23)30-26-22(27)10-7-12-25(26)31-21-8-3-2-4-9-21/h2-17,24,30H,18H2,1H3. The Morgan fingerprint density at radius 2 is 1.68 bits per heavy atom. The fraction of sp³-hybridized carbons (Fsp3) is 0.148. The van der Waals surface area contributed by atoms with Crippen LogP contribution >= 0.6 is 0 Å². The van der Waals surface area contributed by atoms with Crippen molar-refractivity contribution in [3.8, 4) is 11.5 Å². The maximum Gasteiger partial charge on any atom is 0.150 e. The molecule has 2 unspecified atom stereocenters. The molecule has 154 valence electrons. The molecule has 0 amide bonds. The van der Waals surface area contributed by atoms with Crippen LogP contribution in [-0.4, -0.2) is 4.98 Å². The normalized spacial score (nSPS) is 19.9. The average molecular weight is 410 g/mol. The van der Waals surface area contributed by atoms with Crippen LogP contribution < -0.4 is 10.1 Å². The van der Waals surface area contributed by atoms with Crippen molar-refractivity contribution in [2.75, 3.05) is 5.32 Å². The Morgan fingerprint density at radius 1 is 0.903 bits per heavy atom. The molecule has 31 heavy (non-hydrogen) atoms. The lowest BCUT2D eigenvalue weighted by Gasteiger charge is -2.42. The van der Waals surface area contributed by atoms with E-state index < -0.39 is 0 Å². The van der Waals surface area contributed by atoms with Crippen LogP contribution in [0.2, 0.25) is 0 Å². The zero-order valence-electron chi connectivity index (χ0n) is 17.3. The lowest BCUT2D eigenvalue weighted by molar-refractivity contribution is 0.438. The van der Waals surface area contributed by atoms with E-state index in [0.717, 1.165) is 40.4 Å². The summed E-state index contributed by atoms with van der Waals surface area (Å²) in [5, 5.41) is 3.68. The minimum Gasteiger partial charge on any atom is -0.455 e. The number of hydrogen-bond acceptors (Lipinski definition) is 3. The molecule has 0 saturated carbocycles. The van der Waals surface area contributed by atoms with Gasteiger partial charge in [0.2, 0.25) is 0 Å². The summed E-state index contributed by atoms with van der Waals surface area (Å²) in [5.74, 6) is 1.31. The van der Waals surface area contributed by atoms with Gasteiger partial charge in [-0.1, -0.05) is 55.5 Å². The van der Waals surface area contributed by atoms with E-state index in [4.69, 9.17) is 4.74 Å². The summed E-state index contributed by atoms with van der Waals surface area (Å²) in [7, 11) is 0. The molecule has 1 aromatic heterocycles. The van der Waals surface area contributed by atoms with Crippen molar-refractivity contribution in [3.05, 3.63) is 120 Å². The van der Waals surface area contributed by atoms with Gasteiger partial charge in [0.15, 0.2) is 5.75 Å². The van der Waals surface area contributed by atoms with E-state index in [2.05, 4.69) is 23.3 Å². The summed E-state index contributed by atoms with van der Waals surface area (Å²) in [6, 6.07) is 28.6. The monoisotopic (exact) mass is 410 g/mol. The maximum atomic E-state index is 13.7.